The van der Waals surface area contributed by atoms with E-state index in [9.17, 15) is 20.0 Å². The molecule has 7 rings (SSSR count). The molecule has 48 heavy (non-hydrogen) atoms. The fourth-order valence-electron chi connectivity index (χ4n) is 6.83. The topological polar surface area (TPSA) is 191 Å². The maximum absolute atomic E-state index is 12.2. The number of nitro benzene ring substituents is 1. The van der Waals surface area contributed by atoms with Crippen molar-refractivity contribution in [1.29, 1.82) is 0 Å². The predicted octanol–water partition coefficient (Wildman–Crippen LogP) is 2.89. The lowest BCUT2D eigenvalue weighted by Gasteiger charge is -2.39. The largest absolute Gasteiger partial charge is 0.514 e. The molecule has 17 heteroatoms. The summed E-state index contributed by atoms with van der Waals surface area (Å²) in [4.78, 5) is 22.3. The number of carbonyl (C=O) groups is 1. The zero-order valence-corrected chi connectivity index (χ0v) is 28.1. The Bertz CT molecular complexity index is 1380. The van der Waals surface area contributed by atoms with Crippen molar-refractivity contribution in [3.8, 4) is 5.75 Å². The number of hydrogen-bond donors (Lipinski definition) is 1. The number of aliphatic hydroxyl groups is 1. The van der Waals surface area contributed by atoms with Crippen LogP contribution in [-0.2, 0) is 52.1 Å². The lowest BCUT2D eigenvalue weighted by atomic mass is 9.97. The number of ether oxygens (including phenoxy) is 12. The second kappa shape index (κ2) is 12.1. The van der Waals surface area contributed by atoms with Crippen molar-refractivity contribution < 1.29 is 71.7 Å². The van der Waals surface area contributed by atoms with E-state index in [1.807, 2.05) is 13.8 Å². The van der Waals surface area contributed by atoms with Gasteiger partial charge in [-0.25, -0.2) is 4.79 Å². The van der Waals surface area contributed by atoms with E-state index in [0.29, 0.717) is 6.61 Å². The van der Waals surface area contributed by atoms with Gasteiger partial charge >= 0.3 is 6.16 Å². The Morgan fingerprint density at radius 1 is 0.771 bits per heavy atom. The monoisotopic (exact) mass is 685 g/mol. The number of fused-ring (bicyclic) bond motifs is 6. The van der Waals surface area contributed by atoms with Gasteiger partial charge in [0, 0.05) is 12.1 Å². The predicted molar refractivity (Wildman–Crippen MR) is 157 cm³/mol. The zero-order chi connectivity index (χ0) is 34.9. The van der Waals surface area contributed by atoms with Crippen LogP contribution in [0.25, 0.3) is 0 Å². The van der Waals surface area contributed by atoms with Gasteiger partial charge in [0.25, 0.3) is 5.69 Å². The first-order chi connectivity index (χ1) is 22.3. The minimum absolute atomic E-state index is 0.0995. The first-order valence-electron chi connectivity index (χ1n) is 15.7. The number of benzene rings is 1. The maximum Gasteiger partial charge on any atom is 0.514 e. The van der Waals surface area contributed by atoms with E-state index in [0.717, 1.165) is 0 Å². The van der Waals surface area contributed by atoms with Gasteiger partial charge in [0.05, 0.1) is 18.1 Å². The molecule has 6 aliphatic rings. The minimum Gasteiger partial charge on any atom is -0.428 e. The van der Waals surface area contributed by atoms with E-state index in [1.54, 1.807) is 41.5 Å². The third-order valence-electron chi connectivity index (χ3n) is 8.41. The van der Waals surface area contributed by atoms with Crippen LogP contribution in [0.1, 0.15) is 55.4 Å². The van der Waals surface area contributed by atoms with Crippen LogP contribution in [0.2, 0.25) is 0 Å². The molecule has 0 amide bonds. The van der Waals surface area contributed by atoms with Gasteiger partial charge in [0.15, 0.2) is 29.8 Å². The molecule has 268 valence electrons. The van der Waals surface area contributed by atoms with Crippen LogP contribution in [0.3, 0.4) is 0 Å². The fourth-order valence-corrected chi connectivity index (χ4v) is 6.83. The van der Waals surface area contributed by atoms with Gasteiger partial charge in [-0.3, -0.25) is 10.1 Å². The first kappa shape index (κ1) is 35.3. The van der Waals surface area contributed by atoms with Crippen molar-refractivity contribution in [2.75, 3.05) is 26.4 Å². The maximum atomic E-state index is 12.2. The van der Waals surface area contributed by atoms with Crippen LogP contribution >= 0.6 is 0 Å². The molecule has 1 aromatic carbocycles. The van der Waals surface area contributed by atoms with Gasteiger partial charge in [-0.2, -0.15) is 0 Å². The summed E-state index contributed by atoms with van der Waals surface area (Å²) in [5.41, 5.74) is -0.122. The molecule has 0 radical (unpaired) electrons. The van der Waals surface area contributed by atoms with Gasteiger partial charge in [0.1, 0.15) is 49.0 Å². The first-order valence-corrected chi connectivity index (χ1v) is 15.7. The molecule has 6 saturated heterocycles. The molecule has 6 heterocycles. The van der Waals surface area contributed by atoms with Crippen LogP contribution in [0, 0.1) is 10.1 Å². The standard InChI is InChI=1S/C19H23NO10.C12H20O6/c1-17(2)27-13-9-25-19(15(14(13)28-17)29-18(3,4)30-19)10-24-16(21)26-12-7-5-11(6-8-12)20(22)23;1-10(2)15-7-5-14-12(6-13)9(8(7)16-10)17-11(3,4)18-12/h5-8,13-15H,9-10H2,1-4H3;7-9,13H,5-6H2,1-4H3/t13-,14-,15+,19+;7-,8-,9+,12+/m11/s1. The Hall–Kier alpha value is -2.55. The molecule has 1 N–H and O–H groups in total. The fraction of sp³-hybridized carbons (Fsp3) is 0.774. The van der Waals surface area contributed by atoms with Crippen LogP contribution < -0.4 is 4.74 Å². The molecule has 0 aromatic heterocycles. The third-order valence-corrected chi connectivity index (χ3v) is 8.41. The van der Waals surface area contributed by atoms with Gasteiger partial charge in [0.2, 0.25) is 11.6 Å². The molecule has 8 atom stereocenters. The van der Waals surface area contributed by atoms with E-state index in [-0.39, 0.29) is 49.6 Å². The summed E-state index contributed by atoms with van der Waals surface area (Å²) in [6.07, 6.45) is -3.49. The van der Waals surface area contributed by atoms with E-state index in [1.165, 1.54) is 24.3 Å². The van der Waals surface area contributed by atoms with Gasteiger partial charge in [-0.1, -0.05) is 0 Å². The Morgan fingerprint density at radius 2 is 1.25 bits per heavy atom. The smallest absolute Gasteiger partial charge is 0.428 e. The average molecular weight is 686 g/mol. The van der Waals surface area contributed by atoms with E-state index in [2.05, 4.69) is 0 Å². The molecule has 6 aliphatic heterocycles. The van der Waals surface area contributed by atoms with Crippen molar-refractivity contribution in [1.82, 2.24) is 0 Å². The Kier molecular flexibility index (Phi) is 8.86. The number of carbonyl (C=O) groups excluding carboxylic acids is 1. The van der Waals surface area contributed by atoms with Crippen molar-refractivity contribution in [2.45, 2.75) is 127 Å². The zero-order valence-electron chi connectivity index (χ0n) is 28.1. The summed E-state index contributed by atoms with van der Waals surface area (Å²) < 4.78 is 68.9. The SMILES string of the molecule is CC1(C)O[C@@H]2[C@@H](CO[C@@]3(CO)OC(C)(C)O[C@@H]23)O1.CC1(C)O[C@@H]2[C@@H](CO[C@@]3(COC(=O)Oc4ccc([N+](=O)[O-])cc4)OC(C)(C)O[C@@H]23)O1. The van der Waals surface area contributed by atoms with E-state index >= 15 is 0 Å². The number of aliphatic hydroxyl groups excluding tert-OH is 1. The molecule has 0 unspecified atom stereocenters. The molecule has 0 spiro atoms. The summed E-state index contributed by atoms with van der Waals surface area (Å²) in [5, 5.41) is 20.3. The minimum atomic E-state index is -1.39. The second-order valence-corrected chi connectivity index (χ2v) is 14.2. The lowest BCUT2D eigenvalue weighted by molar-refractivity contribution is -0.384. The normalized spacial score (nSPS) is 39.2. The Labute approximate surface area is 276 Å². The number of nitrogens with zero attached hydrogens (tertiary/aromatic N) is 1. The summed E-state index contributed by atoms with van der Waals surface area (Å²) in [7, 11) is 0. The molecule has 0 aliphatic carbocycles. The second-order valence-electron chi connectivity index (χ2n) is 14.2. The van der Waals surface area contributed by atoms with Crippen LogP contribution in [-0.4, -0.2) is 114 Å². The number of rotatable bonds is 5. The van der Waals surface area contributed by atoms with Crippen molar-refractivity contribution >= 4 is 11.8 Å². The molecule has 0 saturated carbocycles. The lowest BCUT2D eigenvalue weighted by Crippen LogP contribution is -2.60. The van der Waals surface area contributed by atoms with E-state index in [4.69, 9.17) is 56.8 Å². The van der Waals surface area contributed by atoms with Crippen LogP contribution in [0.5, 0.6) is 5.75 Å². The van der Waals surface area contributed by atoms with Crippen LogP contribution in [0.4, 0.5) is 10.5 Å². The molecule has 17 nitrogen and oxygen atoms in total. The summed E-state index contributed by atoms with van der Waals surface area (Å²) in [5.74, 6) is -5.71. The average Bonchev–Trinajstić information content (AvgIpc) is 3.66. The molecule has 6 fully saturated rings. The summed E-state index contributed by atoms with van der Waals surface area (Å²) >= 11 is 0. The molecule has 1 aromatic rings. The van der Waals surface area contributed by atoms with Crippen molar-refractivity contribution in [3.63, 3.8) is 0 Å². The Morgan fingerprint density at radius 3 is 1.75 bits per heavy atom. The Balaban J connectivity index is 0.000000189. The molecular weight excluding hydrogens is 642 g/mol. The van der Waals surface area contributed by atoms with Crippen molar-refractivity contribution in [3.05, 3.63) is 34.4 Å². The highest BCUT2D eigenvalue weighted by atomic mass is 16.9. The van der Waals surface area contributed by atoms with E-state index < -0.39 is 64.1 Å². The summed E-state index contributed by atoms with van der Waals surface area (Å²) in [6, 6.07) is 5.03. The number of nitro groups is 1. The number of hydrogen-bond acceptors (Lipinski definition) is 16. The molecular formula is C31H43NO16. The quantitative estimate of drug-likeness (QED) is 0.206. The highest BCUT2D eigenvalue weighted by Crippen LogP contribution is 2.49. The summed E-state index contributed by atoms with van der Waals surface area (Å²) in [6.45, 7) is 14.3. The van der Waals surface area contributed by atoms with Gasteiger partial charge < -0.3 is 61.9 Å². The van der Waals surface area contributed by atoms with Crippen molar-refractivity contribution in [2.24, 2.45) is 0 Å². The highest BCUT2D eigenvalue weighted by Gasteiger charge is 2.67. The van der Waals surface area contributed by atoms with Crippen LogP contribution in [0.15, 0.2) is 24.3 Å². The molecule has 0 bridgehead atoms. The van der Waals surface area contributed by atoms with Gasteiger partial charge in [-0.15, -0.1) is 0 Å². The highest BCUT2D eigenvalue weighted by molar-refractivity contribution is 5.64. The third kappa shape index (κ3) is 6.91. The van der Waals surface area contributed by atoms with Gasteiger partial charge in [-0.05, 0) is 67.5 Å². The number of non-ortho nitro benzene ring substituents is 1.